The average Bonchev–Trinajstić information content (AvgIpc) is 2.76. The fraction of sp³-hybridized carbons (Fsp3) is 0.0909. The Labute approximate surface area is 96.8 Å². The predicted molar refractivity (Wildman–Crippen MR) is 59.8 cm³/mol. The Morgan fingerprint density at radius 2 is 2.12 bits per heavy atom. The number of nitrogens with zero attached hydrogens (tertiary/aromatic N) is 5. The molecule has 84 valence electrons. The summed E-state index contributed by atoms with van der Waals surface area (Å²) in [4.78, 5) is 0. The molecule has 0 spiro atoms. The van der Waals surface area contributed by atoms with Crippen LogP contribution in [0.1, 0.15) is 5.56 Å². The van der Waals surface area contributed by atoms with Crippen LogP contribution in [0.25, 0.3) is 5.65 Å². The molecule has 0 aliphatic heterocycles. The summed E-state index contributed by atoms with van der Waals surface area (Å²) < 4.78 is 6.93. The van der Waals surface area contributed by atoms with E-state index in [-0.39, 0.29) is 0 Å². The molecule has 17 heavy (non-hydrogen) atoms. The summed E-state index contributed by atoms with van der Waals surface area (Å²) in [6.45, 7) is 2.00. The molecule has 0 amide bonds. The number of rotatable bonds is 2. The highest BCUT2D eigenvalue weighted by molar-refractivity contribution is 5.36. The van der Waals surface area contributed by atoms with Gasteiger partial charge in [-0.1, -0.05) is 12.1 Å². The van der Waals surface area contributed by atoms with Crippen molar-refractivity contribution in [1.82, 2.24) is 25.3 Å². The van der Waals surface area contributed by atoms with Crippen LogP contribution in [0.4, 0.5) is 0 Å². The van der Waals surface area contributed by atoms with Crippen molar-refractivity contribution in [3.8, 4) is 11.6 Å². The van der Waals surface area contributed by atoms with Gasteiger partial charge in [0.1, 0.15) is 5.75 Å². The lowest BCUT2D eigenvalue weighted by Crippen LogP contribution is -1.97. The molecule has 0 N–H and O–H groups in total. The Bertz CT molecular complexity index is 664. The molecule has 0 fully saturated rings. The lowest BCUT2D eigenvalue weighted by molar-refractivity contribution is 0.447. The van der Waals surface area contributed by atoms with E-state index in [1.807, 2.05) is 31.2 Å². The van der Waals surface area contributed by atoms with Crippen LogP contribution in [0.5, 0.6) is 11.6 Å². The first-order chi connectivity index (χ1) is 8.31. The van der Waals surface area contributed by atoms with Crippen LogP contribution in [0.2, 0.25) is 0 Å². The van der Waals surface area contributed by atoms with Crippen LogP contribution in [0.3, 0.4) is 0 Å². The lowest BCUT2D eigenvalue weighted by Gasteiger charge is -2.04. The normalized spacial score (nSPS) is 10.6. The third kappa shape index (κ3) is 1.92. The quantitative estimate of drug-likeness (QED) is 0.665. The molecule has 0 unspecified atom stereocenters. The number of fused-ring (bicyclic) bond motifs is 1. The summed E-state index contributed by atoms with van der Waals surface area (Å²) in [6.07, 6.45) is 0. The molecular weight excluding hydrogens is 218 g/mol. The van der Waals surface area contributed by atoms with Crippen molar-refractivity contribution in [3.05, 3.63) is 42.0 Å². The van der Waals surface area contributed by atoms with Crippen LogP contribution < -0.4 is 4.74 Å². The second-order valence-electron chi connectivity index (χ2n) is 3.62. The fourth-order valence-electron chi connectivity index (χ4n) is 1.49. The largest absolute Gasteiger partial charge is 0.438 e. The highest BCUT2D eigenvalue weighted by Crippen LogP contribution is 2.19. The monoisotopic (exact) mass is 227 g/mol. The minimum Gasteiger partial charge on any atom is -0.438 e. The summed E-state index contributed by atoms with van der Waals surface area (Å²) in [7, 11) is 0. The van der Waals surface area contributed by atoms with Gasteiger partial charge >= 0.3 is 0 Å². The van der Waals surface area contributed by atoms with Crippen molar-refractivity contribution in [2.75, 3.05) is 0 Å². The van der Waals surface area contributed by atoms with E-state index in [4.69, 9.17) is 4.74 Å². The molecule has 6 nitrogen and oxygen atoms in total. The minimum absolute atomic E-state index is 0.454. The molecule has 0 saturated heterocycles. The van der Waals surface area contributed by atoms with Gasteiger partial charge in [0.2, 0.25) is 5.88 Å². The van der Waals surface area contributed by atoms with E-state index in [0.717, 1.165) is 11.3 Å². The van der Waals surface area contributed by atoms with Crippen molar-refractivity contribution in [2.24, 2.45) is 0 Å². The molecule has 3 rings (SSSR count). The van der Waals surface area contributed by atoms with Crippen LogP contribution in [-0.4, -0.2) is 25.3 Å². The third-order valence-electron chi connectivity index (χ3n) is 2.26. The van der Waals surface area contributed by atoms with E-state index in [2.05, 4.69) is 20.6 Å². The topological polar surface area (TPSA) is 65.2 Å². The minimum atomic E-state index is 0.454. The van der Waals surface area contributed by atoms with E-state index in [0.29, 0.717) is 11.5 Å². The Balaban J connectivity index is 1.94. The van der Waals surface area contributed by atoms with E-state index in [9.17, 15) is 0 Å². The molecule has 0 bridgehead atoms. The van der Waals surface area contributed by atoms with Crippen molar-refractivity contribution < 1.29 is 4.74 Å². The Morgan fingerprint density at radius 1 is 1.18 bits per heavy atom. The van der Waals surface area contributed by atoms with Gasteiger partial charge in [-0.05, 0) is 41.1 Å². The van der Waals surface area contributed by atoms with Gasteiger partial charge in [-0.15, -0.1) is 14.8 Å². The van der Waals surface area contributed by atoms with Gasteiger partial charge in [0.05, 0.1) is 0 Å². The van der Waals surface area contributed by atoms with Gasteiger partial charge in [-0.2, -0.15) is 0 Å². The van der Waals surface area contributed by atoms with Gasteiger partial charge in [-0.25, -0.2) is 0 Å². The Kier molecular flexibility index (Phi) is 2.18. The van der Waals surface area contributed by atoms with Crippen molar-refractivity contribution >= 4 is 5.65 Å². The number of aryl methyl sites for hydroxylation is 1. The number of benzene rings is 1. The van der Waals surface area contributed by atoms with Gasteiger partial charge < -0.3 is 4.74 Å². The van der Waals surface area contributed by atoms with E-state index in [1.54, 1.807) is 12.1 Å². The van der Waals surface area contributed by atoms with Gasteiger partial charge in [0.25, 0.3) is 0 Å². The standard InChI is InChI=1S/C11H9N5O/c1-8-3-2-4-9(7-8)17-11-6-5-10-12-14-15-16(10)13-11/h2-7H,1H3. The van der Waals surface area contributed by atoms with Gasteiger partial charge in [0.15, 0.2) is 5.65 Å². The molecule has 0 aliphatic carbocycles. The molecule has 0 aliphatic rings. The molecule has 3 aromatic rings. The number of hydrogen-bond acceptors (Lipinski definition) is 5. The highest BCUT2D eigenvalue weighted by Gasteiger charge is 2.02. The first-order valence-corrected chi connectivity index (χ1v) is 5.11. The smallest absolute Gasteiger partial charge is 0.239 e. The van der Waals surface area contributed by atoms with Gasteiger partial charge in [-0.3, -0.25) is 0 Å². The first-order valence-electron chi connectivity index (χ1n) is 5.11. The Hall–Kier alpha value is -2.50. The molecule has 2 heterocycles. The SMILES string of the molecule is Cc1cccc(Oc2ccc3nnnn3n2)c1. The molecule has 0 atom stereocenters. The van der Waals surface area contributed by atoms with E-state index in [1.165, 1.54) is 4.63 Å². The third-order valence-corrected chi connectivity index (χ3v) is 2.26. The molecular formula is C11H9N5O. The second kappa shape index (κ2) is 3.82. The highest BCUT2D eigenvalue weighted by atomic mass is 16.5. The second-order valence-corrected chi connectivity index (χ2v) is 3.62. The maximum atomic E-state index is 5.61. The van der Waals surface area contributed by atoms with Crippen LogP contribution in [-0.2, 0) is 0 Å². The summed E-state index contributed by atoms with van der Waals surface area (Å²) >= 11 is 0. The number of hydrogen-bond donors (Lipinski definition) is 0. The van der Waals surface area contributed by atoms with Crippen LogP contribution >= 0.6 is 0 Å². The molecule has 6 heteroatoms. The summed E-state index contributed by atoms with van der Waals surface area (Å²) in [6, 6.07) is 11.2. The average molecular weight is 227 g/mol. The fourth-order valence-corrected chi connectivity index (χ4v) is 1.49. The summed E-state index contributed by atoms with van der Waals surface area (Å²) in [5.41, 5.74) is 1.72. The lowest BCUT2D eigenvalue weighted by atomic mass is 10.2. The van der Waals surface area contributed by atoms with Crippen molar-refractivity contribution in [1.29, 1.82) is 0 Å². The summed E-state index contributed by atoms with van der Waals surface area (Å²) in [5.74, 6) is 1.19. The van der Waals surface area contributed by atoms with Crippen molar-refractivity contribution in [2.45, 2.75) is 6.92 Å². The van der Waals surface area contributed by atoms with Crippen molar-refractivity contribution in [3.63, 3.8) is 0 Å². The Morgan fingerprint density at radius 3 is 3.00 bits per heavy atom. The zero-order valence-electron chi connectivity index (χ0n) is 9.11. The zero-order chi connectivity index (χ0) is 11.7. The van der Waals surface area contributed by atoms with E-state index < -0.39 is 0 Å². The molecule has 1 aromatic carbocycles. The van der Waals surface area contributed by atoms with Crippen LogP contribution in [0.15, 0.2) is 36.4 Å². The van der Waals surface area contributed by atoms with Gasteiger partial charge in [0, 0.05) is 6.07 Å². The number of tetrazole rings is 1. The summed E-state index contributed by atoms with van der Waals surface area (Å²) in [5, 5.41) is 15.1. The predicted octanol–water partition coefficient (Wildman–Crippen LogP) is 1.62. The van der Waals surface area contributed by atoms with E-state index >= 15 is 0 Å². The maximum absolute atomic E-state index is 5.61. The first kappa shape index (κ1) is 9.71. The number of ether oxygens (including phenoxy) is 1. The molecule has 0 radical (unpaired) electrons. The zero-order valence-corrected chi connectivity index (χ0v) is 9.11. The maximum Gasteiger partial charge on any atom is 0.239 e. The molecule has 2 aromatic heterocycles. The molecule has 0 saturated carbocycles. The number of aromatic nitrogens is 5. The van der Waals surface area contributed by atoms with Crippen LogP contribution in [0, 0.1) is 6.92 Å².